The highest BCUT2D eigenvalue weighted by Crippen LogP contribution is 2.35. The summed E-state index contributed by atoms with van der Waals surface area (Å²) in [6.07, 6.45) is -4.24. The molecule has 0 radical (unpaired) electrons. The van der Waals surface area contributed by atoms with Gasteiger partial charge in [-0.2, -0.15) is 13.2 Å². The van der Waals surface area contributed by atoms with E-state index in [0.29, 0.717) is 0 Å². The highest BCUT2D eigenvalue weighted by molar-refractivity contribution is 5.74. The maximum Gasteiger partial charge on any atom is 0.416 e. The molecular weight excluding hydrogens is 325 g/mol. The molecule has 8 heteroatoms. The summed E-state index contributed by atoms with van der Waals surface area (Å²) < 4.78 is 39.2. The van der Waals surface area contributed by atoms with Gasteiger partial charge >= 0.3 is 18.2 Å². The quantitative estimate of drug-likeness (QED) is 0.663. The molecule has 0 aliphatic rings. The average Bonchev–Trinajstić information content (AvgIpc) is 2.49. The molecule has 134 valence electrons. The molecule has 0 aliphatic carbocycles. The lowest BCUT2D eigenvalue weighted by molar-refractivity contribution is -0.138. The number of rotatable bonds is 7. The normalized spacial score (nSPS) is 13.9. The van der Waals surface area contributed by atoms with E-state index in [1.807, 2.05) is 0 Å². The van der Waals surface area contributed by atoms with E-state index in [9.17, 15) is 22.8 Å². The summed E-state index contributed by atoms with van der Waals surface area (Å²) in [6, 6.07) is 4.20. The first-order valence-electron chi connectivity index (χ1n) is 7.55. The van der Waals surface area contributed by atoms with Gasteiger partial charge in [0.1, 0.15) is 0 Å². The highest BCUT2D eigenvalue weighted by Gasteiger charge is 2.35. The molecule has 0 saturated heterocycles. The zero-order chi connectivity index (χ0) is 18.3. The van der Waals surface area contributed by atoms with Crippen molar-refractivity contribution in [3.05, 3.63) is 35.4 Å². The number of amides is 2. The Kier molecular flexibility index (Phi) is 7.06. The molecule has 0 aromatic heterocycles. The molecule has 2 unspecified atom stereocenters. The molecule has 0 saturated carbocycles. The smallest absolute Gasteiger partial charge is 0.416 e. The minimum absolute atomic E-state index is 0.0643. The average molecular weight is 346 g/mol. The van der Waals surface area contributed by atoms with Crippen LogP contribution < -0.4 is 10.6 Å². The predicted octanol–water partition coefficient (Wildman–Crippen LogP) is 3.36. The Balaban J connectivity index is 2.64. The van der Waals surface area contributed by atoms with E-state index in [-0.39, 0.29) is 24.9 Å². The summed E-state index contributed by atoms with van der Waals surface area (Å²) >= 11 is 0. The lowest BCUT2D eigenvalue weighted by atomic mass is 9.90. The standard InChI is InChI=1S/C16H21F3N2O3/c1-10(12-6-3-4-7-13(12)16(17,18)19)11(2)21-15(24)20-9-5-8-14(22)23/h3-4,6-7,10-11H,5,8-9H2,1-2H3,(H,22,23)(H2,20,21,24). The topological polar surface area (TPSA) is 78.4 Å². The zero-order valence-electron chi connectivity index (χ0n) is 13.5. The Hall–Kier alpha value is -2.25. The summed E-state index contributed by atoms with van der Waals surface area (Å²) in [5, 5.41) is 13.6. The molecule has 1 aromatic rings. The van der Waals surface area contributed by atoms with Gasteiger partial charge in [0.25, 0.3) is 0 Å². The number of benzene rings is 1. The van der Waals surface area contributed by atoms with E-state index >= 15 is 0 Å². The second kappa shape index (κ2) is 8.56. The van der Waals surface area contributed by atoms with Gasteiger partial charge in [0.2, 0.25) is 0 Å². The van der Waals surface area contributed by atoms with E-state index in [2.05, 4.69) is 10.6 Å². The van der Waals surface area contributed by atoms with Crippen LogP contribution in [0.4, 0.5) is 18.0 Å². The number of hydrogen-bond donors (Lipinski definition) is 3. The Morgan fingerprint density at radius 3 is 2.42 bits per heavy atom. The van der Waals surface area contributed by atoms with Crippen LogP contribution in [0.3, 0.4) is 0 Å². The third-order valence-electron chi connectivity index (χ3n) is 3.72. The summed E-state index contributed by atoms with van der Waals surface area (Å²) in [4.78, 5) is 22.1. The van der Waals surface area contributed by atoms with E-state index in [1.54, 1.807) is 13.8 Å². The SMILES string of the molecule is CC(NC(=O)NCCCC(=O)O)C(C)c1ccccc1C(F)(F)F. The van der Waals surface area contributed by atoms with Crippen molar-refractivity contribution < 1.29 is 27.9 Å². The molecule has 0 aliphatic heterocycles. The number of carboxylic acid groups (broad SMARTS) is 1. The molecule has 2 atom stereocenters. The van der Waals surface area contributed by atoms with Crippen LogP contribution in [0.2, 0.25) is 0 Å². The third-order valence-corrected chi connectivity index (χ3v) is 3.72. The van der Waals surface area contributed by atoms with Crippen molar-refractivity contribution in [2.24, 2.45) is 0 Å². The van der Waals surface area contributed by atoms with Gasteiger partial charge in [-0.15, -0.1) is 0 Å². The van der Waals surface area contributed by atoms with Gasteiger partial charge in [0, 0.05) is 24.9 Å². The Morgan fingerprint density at radius 1 is 1.21 bits per heavy atom. The predicted molar refractivity (Wildman–Crippen MR) is 82.7 cm³/mol. The largest absolute Gasteiger partial charge is 0.481 e. The van der Waals surface area contributed by atoms with Gasteiger partial charge < -0.3 is 15.7 Å². The van der Waals surface area contributed by atoms with Crippen molar-refractivity contribution in [1.82, 2.24) is 10.6 Å². The number of carboxylic acids is 1. The van der Waals surface area contributed by atoms with Crippen molar-refractivity contribution in [2.45, 2.75) is 44.8 Å². The zero-order valence-corrected chi connectivity index (χ0v) is 13.5. The Morgan fingerprint density at radius 2 is 1.83 bits per heavy atom. The molecule has 0 spiro atoms. The number of nitrogens with one attached hydrogen (secondary N) is 2. The molecule has 2 amide bonds. The van der Waals surface area contributed by atoms with Crippen LogP contribution in [0.15, 0.2) is 24.3 Å². The Labute approximate surface area is 138 Å². The number of urea groups is 1. The van der Waals surface area contributed by atoms with E-state index in [4.69, 9.17) is 5.11 Å². The van der Waals surface area contributed by atoms with E-state index < -0.39 is 35.7 Å². The van der Waals surface area contributed by atoms with Gasteiger partial charge in [0.15, 0.2) is 0 Å². The lowest BCUT2D eigenvalue weighted by Gasteiger charge is -2.24. The second-order valence-electron chi connectivity index (χ2n) is 5.56. The minimum atomic E-state index is -4.45. The number of carbonyl (C=O) groups is 2. The van der Waals surface area contributed by atoms with Crippen LogP contribution in [0.1, 0.15) is 43.7 Å². The van der Waals surface area contributed by atoms with E-state index in [0.717, 1.165) is 6.07 Å². The van der Waals surface area contributed by atoms with Crippen molar-refractivity contribution in [2.75, 3.05) is 6.54 Å². The third kappa shape index (κ3) is 6.10. The Bertz CT molecular complexity index is 576. The molecular formula is C16H21F3N2O3. The van der Waals surface area contributed by atoms with Crippen molar-refractivity contribution in [1.29, 1.82) is 0 Å². The number of aliphatic carboxylic acids is 1. The summed E-state index contributed by atoms with van der Waals surface area (Å²) in [5.74, 6) is -1.50. The number of alkyl halides is 3. The van der Waals surface area contributed by atoms with Crippen molar-refractivity contribution in [3.63, 3.8) is 0 Å². The van der Waals surface area contributed by atoms with Crippen molar-refractivity contribution >= 4 is 12.0 Å². The van der Waals surface area contributed by atoms with Crippen molar-refractivity contribution in [3.8, 4) is 0 Å². The van der Waals surface area contributed by atoms with Crippen LogP contribution in [-0.4, -0.2) is 29.7 Å². The first-order chi connectivity index (χ1) is 11.1. The fourth-order valence-electron chi connectivity index (χ4n) is 2.25. The van der Waals surface area contributed by atoms with E-state index in [1.165, 1.54) is 18.2 Å². The molecule has 0 bridgehead atoms. The summed E-state index contributed by atoms with van der Waals surface area (Å²) in [6.45, 7) is 3.41. The van der Waals surface area contributed by atoms with Gasteiger partial charge in [-0.25, -0.2) is 4.79 Å². The van der Waals surface area contributed by atoms with Gasteiger partial charge in [-0.3, -0.25) is 4.79 Å². The van der Waals surface area contributed by atoms with Crippen LogP contribution in [0.25, 0.3) is 0 Å². The van der Waals surface area contributed by atoms with Crippen LogP contribution in [0, 0.1) is 0 Å². The molecule has 1 rings (SSSR count). The van der Waals surface area contributed by atoms with Crippen LogP contribution in [0.5, 0.6) is 0 Å². The maximum atomic E-state index is 13.1. The first kappa shape index (κ1) is 19.8. The molecule has 5 nitrogen and oxygen atoms in total. The highest BCUT2D eigenvalue weighted by atomic mass is 19.4. The number of hydrogen-bond acceptors (Lipinski definition) is 2. The first-order valence-corrected chi connectivity index (χ1v) is 7.55. The summed E-state index contributed by atoms with van der Waals surface area (Å²) in [5.41, 5.74) is -0.600. The number of carbonyl (C=O) groups excluding carboxylic acids is 1. The van der Waals surface area contributed by atoms with Gasteiger partial charge in [-0.1, -0.05) is 25.1 Å². The molecule has 3 N–H and O–H groups in total. The van der Waals surface area contributed by atoms with Gasteiger partial charge in [0.05, 0.1) is 5.56 Å². The maximum absolute atomic E-state index is 13.1. The molecule has 0 heterocycles. The van der Waals surface area contributed by atoms with Gasteiger partial charge in [-0.05, 0) is 25.0 Å². The van der Waals surface area contributed by atoms with Crippen LogP contribution in [-0.2, 0) is 11.0 Å². The molecule has 0 fully saturated rings. The van der Waals surface area contributed by atoms with Crippen LogP contribution >= 0.6 is 0 Å². The molecule has 1 aromatic carbocycles. The fourth-order valence-corrected chi connectivity index (χ4v) is 2.25. The number of halogens is 3. The monoisotopic (exact) mass is 346 g/mol. The summed E-state index contributed by atoms with van der Waals surface area (Å²) in [7, 11) is 0. The molecule has 24 heavy (non-hydrogen) atoms. The lowest BCUT2D eigenvalue weighted by Crippen LogP contribution is -2.43. The fraction of sp³-hybridized carbons (Fsp3) is 0.500. The minimum Gasteiger partial charge on any atom is -0.481 e. The second-order valence-corrected chi connectivity index (χ2v) is 5.56.